The first kappa shape index (κ1) is 10.4. The Bertz CT molecular complexity index is 498. The molecule has 0 unspecified atom stereocenters. The van der Waals surface area contributed by atoms with E-state index in [-0.39, 0.29) is 5.84 Å². The normalized spacial score (nSPS) is 17.9. The fourth-order valence-corrected chi connectivity index (χ4v) is 1.56. The number of hydrogen-bond acceptors (Lipinski definition) is 5. The molecule has 1 heterocycles. The van der Waals surface area contributed by atoms with Crippen LogP contribution in [0.4, 0.5) is 0 Å². The zero-order valence-electron chi connectivity index (χ0n) is 8.80. The molecule has 0 atom stereocenters. The van der Waals surface area contributed by atoms with Crippen LogP contribution in [0.25, 0.3) is 0 Å². The van der Waals surface area contributed by atoms with Gasteiger partial charge in [0.1, 0.15) is 11.1 Å². The molecule has 82 valence electrons. The van der Waals surface area contributed by atoms with Crippen LogP contribution in [0, 0.1) is 18.3 Å². The topological polar surface area (TPSA) is 108 Å². The van der Waals surface area contributed by atoms with Crippen molar-refractivity contribution in [2.75, 3.05) is 0 Å². The lowest BCUT2D eigenvalue weighted by Gasteiger charge is -2.08. The summed E-state index contributed by atoms with van der Waals surface area (Å²) < 4.78 is 0. The van der Waals surface area contributed by atoms with E-state index in [1.165, 1.54) is 6.20 Å². The zero-order valence-corrected chi connectivity index (χ0v) is 8.80. The fraction of sp³-hybridized carbons (Fsp3) is 0.400. The minimum atomic E-state index is -0.457. The van der Waals surface area contributed by atoms with Gasteiger partial charge in [-0.25, -0.2) is 4.98 Å². The predicted octanol–water partition coefficient (Wildman–Crippen LogP) is 0.435. The summed E-state index contributed by atoms with van der Waals surface area (Å²) in [6, 6.07) is 2.25. The lowest BCUT2D eigenvalue weighted by molar-refractivity contribution is 0.318. The van der Waals surface area contributed by atoms with E-state index in [9.17, 15) is 0 Å². The first-order valence-corrected chi connectivity index (χ1v) is 4.86. The van der Waals surface area contributed by atoms with Crippen molar-refractivity contribution in [3.8, 4) is 6.07 Å². The second kappa shape index (κ2) is 3.45. The maximum absolute atomic E-state index is 9.02. The quantitative estimate of drug-likeness (QED) is 0.323. The van der Waals surface area contributed by atoms with Crippen molar-refractivity contribution >= 4 is 5.84 Å². The van der Waals surface area contributed by atoms with Gasteiger partial charge in [-0.1, -0.05) is 5.16 Å². The molecule has 0 spiro atoms. The highest BCUT2D eigenvalue weighted by Crippen LogP contribution is 2.46. The standard InChI is InChI=1S/C10H11N5O/c1-6-8(9(12)15-16)13-4-7(14-6)10(5-11)2-3-10/h4,16H,2-3H2,1H3,(H2,12,15). The minimum Gasteiger partial charge on any atom is -0.409 e. The van der Waals surface area contributed by atoms with E-state index in [1.54, 1.807) is 6.92 Å². The maximum atomic E-state index is 9.02. The number of oxime groups is 1. The molecule has 1 aromatic heterocycles. The molecule has 1 aliphatic rings. The average Bonchev–Trinajstić information content (AvgIpc) is 3.09. The summed E-state index contributed by atoms with van der Waals surface area (Å²) in [7, 11) is 0. The summed E-state index contributed by atoms with van der Waals surface area (Å²) in [6.07, 6.45) is 3.16. The Hall–Kier alpha value is -2.16. The number of amidine groups is 1. The number of aryl methyl sites for hydroxylation is 1. The zero-order chi connectivity index (χ0) is 11.8. The third-order valence-corrected chi connectivity index (χ3v) is 2.75. The largest absolute Gasteiger partial charge is 0.409 e. The Labute approximate surface area is 92.4 Å². The second-order valence-corrected chi connectivity index (χ2v) is 3.87. The van der Waals surface area contributed by atoms with E-state index in [2.05, 4.69) is 21.2 Å². The second-order valence-electron chi connectivity index (χ2n) is 3.87. The van der Waals surface area contributed by atoms with Crippen LogP contribution in [0.1, 0.15) is 29.9 Å². The molecule has 16 heavy (non-hydrogen) atoms. The van der Waals surface area contributed by atoms with E-state index in [0.717, 1.165) is 12.8 Å². The maximum Gasteiger partial charge on any atom is 0.190 e. The number of nitriles is 1. The van der Waals surface area contributed by atoms with Gasteiger partial charge in [0.15, 0.2) is 5.84 Å². The molecule has 6 nitrogen and oxygen atoms in total. The van der Waals surface area contributed by atoms with Crippen LogP contribution >= 0.6 is 0 Å². The first-order chi connectivity index (χ1) is 7.63. The molecule has 3 N–H and O–H groups in total. The monoisotopic (exact) mass is 217 g/mol. The molecule has 0 amide bonds. The molecule has 0 aliphatic heterocycles. The molecule has 6 heteroatoms. The Morgan fingerprint density at radius 3 is 2.81 bits per heavy atom. The highest BCUT2D eigenvalue weighted by molar-refractivity contribution is 5.96. The summed E-state index contributed by atoms with van der Waals surface area (Å²) in [5.74, 6) is -0.0710. The van der Waals surface area contributed by atoms with Gasteiger partial charge in [-0.2, -0.15) is 5.26 Å². The van der Waals surface area contributed by atoms with Gasteiger partial charge in [0.05, 0.1) is 23.7 Å². The summed E-state index contributed by atoms with van der Waals surface area (Å²) in [6.45, 7) is 1.72. The summed E-state index contributed by atoms with van der Waals surface area (Å²) in [4.78, 5) is 8.36. The highest BCUT2D eigenvalue weighted by Gasteiger charge is 2.46. The van der Waals surface area contributed by atoms with Crippen molar-refractivity contribution in [2.45, 2.75) is 25.2 Å². The van der Waals surface area contributed by atoms with Gasteiger partial charge in [0.25, 0.3) is 0 Å². The Morgan fingerprint density at radius 1 is 1.69 bits per heavy atom. The first-order valence-electron chi connectivity index (χ1n) is 4.86. The van der Waals surface area contributed by atoms with Crippen molar-refractivity contribution in [3.05, 3.63) is 23.3 Å². The van der Waals surface area contributed by atoms with Crippen molar-refractivity contribution in [2.24, 2.45) is 10.9 Å². The Kier molecular flexibility index (Phi) is 2.23. The van der Waals surface area contributed by atoms with Crippen LogP contribution in [-0.2, 0) is 5.41 Å². The molecule has 1 fully saturated rings. The molecule has 2 rings (SSSR count). The van der Waals surface area contributed by atoms with Crippen molar-refractivity contribution in [1.29, 1.82) is 5.26 Å². The number of aromatic nitrogens is 2. The molecule has 0 aromatic carbocycles. The van der Waals surface area contributed by atoms with Gasteiger partial charge < -0.3 is 10.9 Å². The van der Waals surface area contributed by atoms with Gasteiger partial charge in [-0.3, -0.25) is 4.98 Å². The smallest absolute Gasteiger partial charge is 0.190 e. The lowest BCUT2D eigenvalue weighted by atomic mass is 10.1. The molecule has 0 bridgehead atoms. The molecule has 0 radical (unpaired) electrons. The number of hydrogen-bond donors (Lipinski definition) is 2. The van der Waals surface area contributed by atoms with Crippen molar-refractivity contribution < 1.29 is 5.21 Å². The lowest BCUT2D eigenvalue weighted by Crippen LogP contribution is -2.19. The number of nitrogens with zero attached hydrogens (tertiary/aromatic N) is 4. The fourth-order valence-electron chi connectivity index (χ4n) is 1.56. The molecular formula is C10H11N5O. The third-order valence-electron chi connectivity index (χ3n) is 2.75. The van der Waals surface area contributed by atoms with Gasteiger partial charge in [0.2, 0.25) is 0 Å². The SMILES string of the molecule is Cc1nc(C2(C#N)CC2)cnc1C(N)=NO. The van der Waals surface area contributed by atoms with Crippen molar-refractivity contribution in [3.63, 3.8) is 0 Å². The van der Waals surface area contributed by atoms with E-state index >= 15 is 0 Å². The summed E-state index contributed by atoms with van der Waals surface area (Å²) in [5.41, 5.74) is 6.56. The van der Waals surface area contributed by atoms with Gasteiger partial charge >= 0.3 is 0 Å². The minimum absolute atomic E-state index is 0.0710. The van der Waals surface area contributed by atoms with E-state index in [0.29, 0.717) is 17.1 Å². The van der Waals surface area contributed by atoms with E-state index in [1.807, 2.05) is 0 Å². The van der Waals surface area contributed by atoms with Crippen LogP contribution in [0.5, 0.6) is 0 Å². The number of rotatable bonds is 2. The Morgan fingerprint density at radius 2 is 2.38 bits per heavy atom. The predicted molar refractivity (Wildman–Crippen MR) is 55.8 cm³/mol. The van der Waals surface area contributed by atoms with E-state index in [4.69, 9.17) is 16.2 Å². The number of nitrogens with two attached hydrogens (primary N) is 1. The molecule has 1 aliphatic carbocycles. The molecule has 0 saturated heterocycles. The van der Waals surface area contributed by atoms with E-state index < -0.39 is 5.41 Å². The van der Waals surface area contributed by atoms with Crippen LogP contribution in [0.15, 0.2) is 11.4 Å². The van der Waals surface area contributed by atoms with Crippen LogP contribution in [-0.4, -0.2) is 21.0 Å². The van der Waals surface area contributed by atoms with Gasteiger partial charge in [-0.05, 0) is 19.8 Å². The summed E-state index contributed by atoms with van der Waals surface area (Å²) >= 11 is 0. The van der Waals surface area contributed by atoms with Crippen LogP contribution in [0.3, 0.4) is 0 Å². The van der Waals surface area contributed by atoms with Crippen molar-refractivity contribution in [1.82, 2.24) is 9.97 Å². The summed E-state index contributed by atoms with van der Waals surface area (Å²) in [5, 5.41) is 20.4. The van der Waals surface area contributed by atoms with Crippen LogP contribution < -0.4 is 5.73 Å². The molecular weight excluding hydrogens is 206 g/mol. The highest BCUT2D eigenvalue weighted by atomic mass is 16.4. The van der Waals surface area contributed by atoms with Gasteiger partial charge in [-0.15, -0.1) is 0 Å². The molecule has 1 aromatic rings. The Balaban J connectivity index is 2.42. The average molecular weight is 217 g/mol. The van der Waals surface area contributed by atoms with Crippen LogP contribution in [0.2, 0.25) is 0 Å². The third kappa shape index (κ3) is 1.46. The van der Waals surface area contributed by atoms with Gasteiger partial charge in [0, 0.05) is 0 Å². The molecule has 1 saturated carbocycles.